The van der Waals surface area contributed by atoms with Gasteiger partial charge in [0.1, 0.15) is 5.56 Å². The van der Waals surface area contributed by atoms with E-state index in [1.54, 1.807) is 18.3 Å². The first-order chi connectivity index (χ1) is 12.6. The van der Waals surface area contributed by atoms with Gasteiger partial charge in [0.15, 0.2) is 0 Å². The van der Waals surface area contributed by atoms with Gasteiger partial charge in [0.2, 0.25) is 0 Å². The average Bonchev–Trinajstić information content (AvgIpc) is 2.65. The molecule has 0 aliphatic carbocycles. The molecule has 0 saturated carbocycles. The summed E-state index contributed by atoms with van der Waals surface area (Å²) in [6.45, 7) is 2.33. The molecule has 5 heteroatoms. The zero-order valence-corrected chi connectivity index (χ0v) is 15.2. The molecule has 1 heterocycles. The van der Waals surface area contributed by atoms with Crippen LogP contribution in [-0.2, 0) is 13.0 Å². The highest BCUT2D eigenvalue weighted by Crippen LogP contribution is 2.17. The summed E-state index contributed by atoms with van der Waals surface area (Å²) in [6, 6.07) is 18.1. The number of anilines is 1. The number of hydrogen-bond donors (Lipinski definition) is 1. The van der Waals surface area contributed by atoms with Crippen LogP contribution in [0.5, 0.6) is 0 Å². The lowest BCUT2D eigenvalue weighted by Crippen LogP contribution is -2.29. The number of pyridine rings is 1. The zero-order chi connectivity index (χ0) is 18.5. The van der Waals surface area contributed by atoms with Gasteiger partial charge >= 0.3 is 0 Å². The fraction of sp³-hybridized carbons (Fsp3) is 0.143. The quantitative estimate of drug-likeness (QED) is 0.729. The Morgan fingerprint density at radius 3 is 2.42 bits per heavy atom. The van der Waals surface area contributed by atoms with Gasteiger partial charge < -0.3 is 9.88 Å². The standard InChI is InChI=1S/C21H19ClN2O2/c1-2-15-8-4-6-12-19(15)23-20(25)17-10-7-13-24(21(17)26)14-16-9-3-5-11-18(16)22/h3-13H,2,14H2,1H3,(H,23,25). The Hall–Kier alpha value is -2.85. The van der Waals surface area contributed by atoms with E-state index in [-0.39, 0.29) is 11.1 Å². The van der Waals surface area contributed by atoms with E-state index < -0.39 is 5.91 Å². The van der Waals surface area contributed by atoms with Crippen molar-refractivity contribution < 1.29 is 4.79 Å². The molecule has 0 aliphatic heterocycles. The lowest BCUT2D eigenvalue weighted by atomic mass is 10.1. The van der Waals surface area contributed by atoms with Crippen LogP contribution in [0.3, 0.4) is 0 Å². The minimum Gasteiger partial charge on any atom is -0.322 e. The van der Waals surface area contributed by atoms with Gasteiger partial charge in [0, 0.05) is 16.9 Å². The van der Waals surface area contributed by atoms with Crippen LogP contribution in [0.25, 0.3) is 0 Å². The summed E-state index contributed by atoms with van der Waals surface area (Å²) in [4.78, 5) is 25.4. The van der Waals surface area contributed by atoms with Gasteiger partial charge in [-0.1, -0.05) is 54.9 Å². The molecule has 1 N–H and O–H groups in total. The van der Waals surface area contributed by atoms with Gasteiger partial charge in [0.05, 0.1) is 6.54 Å². The number of nitrogens with one attached hydrogen (secondary N) is 1. The molecule has 26 heavy (non-hydrogen) atoms. The van der Waals surface area contributed by atoms with Crippen molar-refractivity contribution in [1.29, 1.82) is 0 Å². The van der Waals surface area contributed by atoms with Crippen LogP contribution in [0, 0.1) is 0 Å². The van der Waals surface area contributed by atoms with Gasteiger partial charge in [-0.2, -0.15) is 0 Å². The van der Waals surface area contributed by atoms with Crippen LogP contribution in [-0.4, -0.2) is 10.5 Å². The number of hydrogen-bond acceptors (Lipinski definition) is 2. The topological polar surface area (TPSA) is 51.1 Å². The lowest BCUT2D eigenvalue weighted by Gasteiger charge is -2.11. The van der Waals surface area contributed by atoms with E-state index in [1.807, 2.05) is 49.4 Å². The number of aromatic nitrogens is 1. The maximum absolute atomic E-state index is 12.7. The van der Waals surface area contributed by atoms with Crippen LogP contribution < -0.4 is 10.9 Å². The van der Waals surface area contributed by atoms with Gasteiger partial charge in [-0.05, 0) is 41.8 Å². The number of para-hydroxylation sites is 1. The largest absolute Gasteiger partial charge is 0.322 e. The number of amides is 1. The summed E-state index contributed by atoms with van der Waals surface area (Å²) in [5.74, 6) is -0.413. The number of aryl methyl sites for hydroxylation is 1. The van der Waals surface area contributed by atoms with Crippen molar-refractivity contribution in [3.8, 4) is 0 Å². The van der Waals surface area contributed by atoms with Gasteiger partial charge in [-0.15, -0.1) is 0 Å². The minimum absolute atomic E-state index is 0.102. The molecule has 132 valence electrons. The third-order valence-electron chi connectivity index (χ3n) is 4.21. The van der Waals surface area contributed by atoms with Crippen molar-refractivity contribution in [2.75, 3.05) is 5.32 Å². The van der Waals surface area contributed by atoms with E-state index in [1.165, 1.54) is 10.6 Å². The highest BCUT2D eigenvalue weighted by Gasteiger charge is 2.14. The molecular formula is C21H19ClN2O2. The van der Waals surface area contributed by atoms with Gasteiger partial charge in [0.25, 0.3) is 11.5 Å². The SMILES string of the molecule is CCc1ccccc1NC(=O)c1cccn(Cc2ccccc2Cl)c1=O. The highest BCUT2D eigenvalue weighted by molar-refractivity contribution is 6.31. The Bertz CT molecular complexity index is 995. The third kappa shape index (κ3) is 3.86. The van der Waals surface area contributed by atoms with Crippen LogP contribution >= 0.6 is 11.6 Å². The number of carbonyl (C=O) groups is 1. The predicted molar refractivity (Wildman–Crippen MR) is 105 cm³/mol. The second-order valence-corrected chi connectivity index (χ2v) is 6.32. The number of nitrogens with zero attached hydrogens (tertiary/aromatic N) is 1. The molecule has 1 aromatic heterocycles. The van der Waals surface area contributed by atoms with Crippen LogP contribution in [0.15, 0.2) is 71.7 Å². The molecule has 0 fully saturated rings. The summed E-state index contributed by atoms with van der Waals surface area (Å²) in [7, 11) is 0. The number of benzene rings is 2. The molecule has 0 saturated heterocycles. The second-order valence-electron chi connectivity index (χ2n) is 5.91. The van der Waals surface area contributed by atoms with E-state index in [2.05, 4.69) is 5.32 Å². The first kappa shape index (κ1) is 18.0. The fourth-order valence-corrected chi connectivity index (χ4v) is 2.98. The first-order valence-electron chi connectivity index (χ1n) is 8.42. The minimum atomic E-state index is -0.413. The maximum atomic E-state index is 12.7. The molecule has 4 nitrogen and oxygen atoms in total. The monoisotopic (exact) mass is 366 g/mol. The summed E-state index contributed by atoms with van der Waals surface area (Å²) >= 11 is 6.17. The molecule has 0 unspecified atom stereocenters. The summed E-state index contributed by atoms with van der Waals surface area (Å²) in [5.41, 5.74) is 2.32. The molecule has 0 spiro atoms. The Morgan fingerprint density at radius 2 is 1.69 bits per heavy atom. The normalized spacial score (nSPS) is 10.5. The summed E-state index contributed by atoms with van der Waals surface area (Å²) in [5, 5.41) is 3.43. The van der Waals surface area contributed by atoms with Gasteiger partial charge in [-0.25, -0.2) is 0 Å². The number of halogens is 1. The van der Waals surface area contributed by atoms with Crippen LogP contribution in [0.1, 0.15) is 28.4 Å². The Morgan fingerprint density at radius 1 is 1.00 bits per heavy atom. The molecule has 2 aromatic carbocycles. The van der Waals surface area contributed by atoms with E-state index in [4.69, 9.17) is 11.6 Å². The molecule has 3 rings (SSSR count). The van der Waals surface area contributed by atoms with Crippen molar-refractivity contribution in [3.05, 3.63) is 98.9 Å². The number of rotatable bonds is 5. The van der Waals surface area contributed by atoms with Crippen molar-refractivity contribution in [2.45, 2.75) is 19.9 Å². The molecule has 0 atom stereocenters. The molecule has 0 aliphatic rings. The first-order valence-corrected chi connectivity index (χ1v) is 8.80. The summed E-state index contributed by atoms with van der Waals surface area (Å²) < 4.78 is 1.49. The number of carbonyl (C=O) groups excluding carboxylic acids is 1. The van der Waals surface area contributed by atoms with E-state index >= 15 is 0 Å². The molecule has 0 bridgehead atoms. The van der Waals surface area contributed by atoms with Gasteiger partial charge in [-0.3, -0.25) is 9.59 Å². The Labute approximate surface area is 157 Å². The van der Waals surface area contributed by atoms with Crippen molar-refractivity contribution in [3.63, 3.8) is 0 Å². The molecular weight excluding hydrogens is 348 g/mol. The predicted octanol–water partition coefficient (Wildman–Crippen LogP) is 4.36. The highest BCUT2D eigenvalue weighted by atomic mass is 35.5. The Kier molecular flexibility index (Phi) is 5.54. The second kappa shape index (κ2) is 8.02. The van der Waals surface area contributed by atoms with Crippen LogP contribution in [0.4, 0.5) is 5.69 Å². The van der Waals surface area contributed by atoms with Crippen LogP contribution in [0.2, 0.25) is 5.02 Å². The van der Waals surface area contributed by atoms with E-state index in [9.17, 15) is 9.59 Å². The molecule has 1 amide bonds. The van der Waals surface area contributed by atoms with Crippen molar-refractivity contribution in [1.82, 2.24) is 4.57 Å². The average molecular weight is 367 g/mol. The van der Waals surface area contributed by atoms with E-state index in [0.29, 0.717) is 11.6 Å². The molecule has 0 radical (unpaired) electrons. The van der Waals surface area contributed by atoms with Crippen molar-refractivity contribution in [2.24, 2.45) is 0 Å². The lowest BCUT2D eigenvalue weighted by molar-refractivity contribution is 0.102. The maximum Gasteiger partial charge on any atom is 0.263 e. The summed E-state index contributed by atoms with van der Waals surface area (Å²) in [6.07, 6.45) is 2.45. The fourth-order valence-electron chi connectivity index (χ4n) is 2.78. The van der Waals surface area contributed by atoms with Crippen molar-refractivity contribution >= 4 is 23.2 Å². The smallest absolute Gasteiger partial charge is 0.263 e. The van der Waals surface area contributed by atoms with E-state index in [0.717, 1.165) is 23.2 Å². The Balaban J connectivity index is 1.88. The third-order valence-corrected chi connectivity index (χ3v) is 4.58. The zero-order valence-electron chi connectivity index (χ0n) is 14.4. The molecule has 3 aromatic rings.